The molecule has 1 saturated carbocycles. The van der Waals surface area contributed by atoms with Crippen LogP contribution in [0.15, 0.2) is 17.6 Å². The summed E-state index contributed by atoms with van der Waals surface area (Å²) >= 11 is 1.45. The number of amides is 1. The molecule has 0 saturated heterocycles. The normalized spacial score (nSPS) is 14.4. The smallest absolute Gasteiger partial charge is 0.231 e. The highest BCUT2D eigenvalue weighted by Crippen LogP contribution is 2.37. The second kappa shape index (κ2) is 5.08. The quantitative estimate of drug-likeness (QED) is 0.613. The van der Waals surface area contributed by atoms with Crippen LogP contribution in [0.2, 0.25) is 0 Å². The highest BCUT2D eigenvalue weighted by atomic mass is 32.2. The van der Waals surface area contributed by atoms with E-state index in [1.165, 1.54) is 24.6 Å². The van der Waals surface area contributed by atoms with Crippen molar-refractivity contribution in [3.63, 3.8) is 0 Å². The van der Waals surface area contributed by atoms with E-state index in [9.17, 15) is 4.79 Å². The summed E-state index contributed by atoms with van der Waals surface area (Å²) in [6.07, 6.45) is 11.2. The van der Waals surface area contributed by atoms with E-state index in [4.69, 9.17) is 6.42 Å². The van der Waals surface area contributed by atoms with Crippen LogP contribution in [0, 0.1) is 12.3 Å². The summed E-state index contributed by atoms with van der Waals surface area (Å²) in [6, 6.07) is 0.596. The van der Waals surface area contributed by atoms with Crippen LogP contribution in [0.25, 0.3) is 0 Å². The average Bonchev–Trinajstić information content (AvgIpc) is 3.03. The van der Waals surface area contributed by atoms with Crippen molar-refractivity contribution in [3.8, 4) is 12.3 Å². The molecule has 0 aliphatic heterocycles. The molecule has 1 aromatic rings. The molecule has 1 aliphatic carbocycles. The SMILES string of the molecule is C#CCNC(=O)CSc1nccn1C1CC1. The third-order valence-electron chi connectivity index (χ3n) is 2.29. The molecule has 0 spiro atoms. The molecule has 0 aromatic carbocycles. The first kappa shape index (κ1) is 11.1. The summed E-state index contributed by atoms with van der Waals surface area (Å²) in [4.78, 5) is 15.6. The van der Waals surface area contributed by atoms with Gasteiger partial charge in [0, 0.05) is 18.4 Å². The van der Waals surface area contributed by atoms with Gasteiger partial charge >= 0.3 is 0 Å². The largest absolute Gasteiger partial charge is 0.344 e. The standard InChI is InChI=1S/C11H13N3OS/c1-2-5-12-10(15)8-16-11-13-6-7-14(11)9-3-4-9/h1,6-7,9H,3-5,8H2,(H,12,15). The topological polar surface area (TPSA) is 46.9 Å². The molecule has 84 valence electrons. The molecule has 2 rings (SSSR count). The van der Waals surface area contributed by atoms with E-state index in [0.717, 1.165) is 5.16 Å². The number of hydrogen-bond acceptors (Lipinski definition) is 3. The first-order valence-electron chi connectivity index (χ1n) is 5.17. The van der Waals surface area contributed by atoms with Crippen molar-refractivity contribution < 1.29 is 4.79 Å². The Balaban J connectivity index is 1.82. The molecule has 1 fully saturated rings. The van der Waals surface area contributed by atoms with E-state index in [2.05, 4.69) is 20.8 Å². The second-order valence-electron chi connectivity index (χ2n) is 3.62. The lowest BCUT2D eigenvalue weighted by atomic mass is 10.6. The number of carbonyl (C=O) groups is 1. The van der Waals surface area contributed by atoms with Gasteiger partial charge in [0.05, 0.1) is 12.3 Å². The van der Waals surface area contributed by atoms with Crippen molar-refractivity contribution in [1.29, 1.82) is 0 Å². The number of nitrogens with zero attached hydrogens (tertiary/aromatic N) is 2. The predicted molar refractivity (Wildman–Crippen MR) is 63.1 cm³/mol. The van der Waals surface area contributed by atoms with Crippen LogP contribution >= 0.6 is 11.8 Å². The van der Waals surface area contributed by atoms with Crippen molar-refractivity contribution >= 4 is 17.7 Å². The van der Waals surface area contributed by atoms with Crippen molar-refractivity contribution in [2.24, 2.45) is 0 Å². The van der Waals surface area contributed by atoms with Crippen molar-refractivity contribution in [2.75, 3.05) is 12.3 Å². The third kappa shape index (κ3) is 2.80. The number of hydrogen-bond donors (Lipinski definition) is 1. The number of thioether (sulfide) groups is 1. The lowest BCUT2D eigenvalue weighted by Gasteiger charge is -2.05. The van der Waals surface area contributed by atoms with Gasteiger partial charge in [0.1, 0.15) is 0 Å². The summed E-state index contributed by atoms with van der Waals surface area (Å²) in [5.41, 5.74) is 0. The molecule has 1 N–H and O–H groups in total. The Kier molecular flexibility index (Phi) is 3.52. The molecule has 4 nitrogen and oxygen atoms in total. The molecule has 0 unspecified atom stereocenters. The van der Waals surface area contributed by atoms with Gasteiger partial charge in [0.25, 0.3) is 0 Å². The maximum atomic E-state index is 11.3. The monoisotopic (exact) mass is 235 g/mol. The zero-order valence-corrected chi connectivity index (χ0v) is 9.67. The summed E-state index contributed by atoms with van der Waals surface area (Å²) in [7, 11) is 0. The van der Waals surface area contributed by atoms with Crippen LogP contribution < -0.4 is 5.32 Å². The van der Waals surface area contributed by atoms with Crippen LogP contribution in [-0.2, 0) is 4.79 Å². The highest BCUT2D eigenvalue weighted by molar-refractivity contribution is 7.99. The van der Waals surface area contributed by atoms with Crippen LogP contribution in [-0.4, -0.2) is 27.8 Å². The Morgan fingerprint density at radius 2 is 2.56 bits per heavy atom. The zero-order valence-electron chi connectivity index (χ0n) is 8.85. The Morgan fingerprint density at radius 3 is 3.25 bits per heavy atom. The second-order valence-corrected chi connectivity index (χ2v) is 4.56. The molecule has 0 radical (unpaired) electrons. The first-order chi connectivity index (χ1) is 7.81. The first-order valence-corrected chi connectivity index (χ1v) is 6.15. The van der Waals surface area contributed by atoms with Gasteiger partial charge < -0.3 is 9.88 Å². The Bertz CT molecular complexity index is 417. The van der Waals surface area contributed by atoms with E-state index >= 15 is 0 Å². The summed E-state index contributed by atoms with van der Waals surface area (Å²) in [5.74, 6) is 2.69. The maximum Gasteiger partial charge on any atom is 0.231 e. The third-order valence-corrected chi connectivity index (χ3v) is 3.27. The van der Waals surface area contributed by atoms with Gasteiger partial charge in [-0.25, -0.2) is 4.98 Å². The van der Waals surface area contributed by atoms with E-state index in [-0.39, 0.29) is 12.5 Å². The molecule has 5 heteroatoms. The number of nitrogens with one attached hydrogen (secondary N) is 1. The fourth-order valence-electron chi connectivity index (χ4n) is 1.37. The molecule has 1 aromatic heterocycles. The summed E-state index contributed by atoms with van der Waals surface area (Å²) in [6.45, 7) is 0.288. The van der Waals surface area contributed by atoms with Crippen molar-refractivity contribution in [3.05, 3.63) is 12.4 Å². The van der Waals surface area contributed by atoms with E-state index < -0.39 is 0 Å². The van der Waals surface area contributed by atoms with Gasteiger partial charge in [-0.2, -0.15) is 0 Å². The van der Waals surface area contributed by atoms with E-state index in [1.807, 2.05) is 6.20 Å². The molecule has 0 atom stereocenters. The molecule has 1 heterocycles. The maximum absolute atomic E-state index is 11.3. The predicted octanol–water partition coefficient (Wildman–Crippen LogP) is 1.06. The van der Waals surface area contributed by atoms with E-state index in [0.29, 0.717) is 11.8 Å². The Labute approximate surface area is 98.8 Å². The van der Waals surface area contributed by atoms with Crippen LogP contribution in [0.4, 0.5) is 0 Å². The zero-order chi connectivity index (χ0) is 11.4. The lowest BCUT2D eigenvalue weighted by Crippen LogP contribution is -2.25. The number of carbonyl (C=O) groups excluding carboxylic acids is 1. The minimum absolute atomic E-state index is 0.0479. The van der Waals surface area contributed by atoms with Gasteiger partial charge in [0.15, 0.2) is 5.16 Å². The minimum Gasteiger partial charge on any atom is -0.344 e. The fraction of sp³-hybridized carbons (Fsp3) is 0.455. The number of aromatic nitrogens is 2. The Hall–Kier alpha value is -1.41. The number of terminal acetylenes is 1. The number of imidazole rings is 1. The summed E-state index contributed by atoms with van der Waals surface area (Å²) in [5, 5.41) is 3.54. The van der Waals surface area contributed by atoms with Gasteiger partial charge in [-0.3, -0.25) is 4.79 Å². The highest BCUT2D eigenvalue weighted by Gasteiger charge is 2.25. The van der Waals surface area contributed by atoms with Gasteiger partial charge in [0.2, 0.25) is 5.91 Å². The van der Waals surface area contributed by atoms with Gasteiger partial charge in [-0.05, 0) is 12.8 Å². The Morgan fingerprint density at radius 1 is 1.75 bits per heavy atom. The molecule has 0 bridgehead atoms. The van der Waals surface area contributed by atoms with Crippen LogP contribution in [0.3, 0.4) is 0 Å². The molecule has 1 aliphatic rings. The molecule has 1 amide bonds. The molecular formula is C11H13N3OS. The minimum atomic E-state index is -0.0479. The lowest BCUT2D eigenvalue weighted by molar-refractivity contribution is -0.118. The van der Waals surface area contributed by atoms with Gasteiger partial charge in [-0.1, -0.05) is 17.7 Å². The number of rotatable bonds is 5. The van der Waals surface area contributed by atoms with Crippen LogP contribution in [0.1, 0.15) is 18.9 Å². The van der Waals surface area contributed by atoms with Gasteiger partial charge in [-0.15, -0.1) is 6.42 Å². The van der Waals surface area contributed by atoms with Crippen LogP contribution in [0.5, 0.6) is 0 Å². The summed E-state index contributed by atoms with van der Waals surface area (Å²) < 4.78 is 2.14. The van der Waals surface area contributed by atoms with E-state index in [1.54, 1.807) is 6.20 Å². The molecular weight excluding hydrogens is 222 g/mol. The van der Waals surface area contributed by atoms with Crippen molar-refractivity contribution in [1.82, 2.24) is 14.9 Å². The average molecular weight is 235 g/mol. The molecule has 16 heavy (non-hydrogen) atoms. The van der Waals surface area contributed by atoms with Crippen molar-refractivity contribution in [2.45, 2.75) is 24.0 Å². The fourth-order valence-corrected chi connectivity index (χ4v) is 2.23.